The van der Waals surface area contributed by atoms with Crippen molar-refractivity contribution in [2.24, 2.45) is 5.14 Å². The highest BCUT2D eigenvalue weighted by Gasteiger charge is 2.08. The van der Waals surface area contributed by atoms with Gasteiger partial charge in [-0.1, -0.05) is 36.4 Å². The normalized spacial score (nSPS) is 12.9. The van der Waals surface area contributed by atoms with Crippen LogP contribution in [0.15, 0.2) is 48.5 Å². The Balaban J connectivity index is 2.08. The van der Waals surface area contributed by atoms with Crippen molar-refractivity contribution in [1.82, 2.24) is 0 Å². The predicted octanol–water partition coefficient (Wildman–Crippen LogP) is 2.96. The molecule has 0 fully saturated rings. The Hall–Kier alpha value is -1.85. The topological polar surface area (TPSA) is 72.2 Å². The van der Waals surface area contributed by atoms with Gasteiger partial charge in [0.25, 0.3) is 0 Å². The average molecular weight is 304 g/mol. The van der Waals surface area contributed by atoms with Crippen LogP contribution in [0.5, 0.6) is 0 Å². The van der Waals surface area contributed by atoms with Gasteiger partial charge in [-0.15, -0.1) is 0 Å². The van der Waals surface area contributed by atoms with Gasteiger partial charge in [-0.25, -0.2) is 13.6 Å². The molecule has 0 aliphatic heterocycles. The highest BCUT2D eigenvalue weighted by molar-refractivity contribution is 7.88. The van der Waals surface area contributed by atoms with Gasteiger partial charge in [-0.2, -0.15) is 0 Å². The van der Waals surface area contributed by atoms with Crippen LogP contribution in [0.4, 0.5) is 5.69 Å². The van der Waals surface area contributed by atoms with Crippen molar-refractivity contribution in [2.75, 3.05) is 5.32 Å². The Kier molecular flexibility index (Phi) is 4.65. The number of nitrogens with one attached hydrogen (secondary N) is 1. The number of hydrogen-bond donors (Lipinski definition) is 2. The molecule has 3 N–H and O–H groups in total. The molecule has 0 spiro atoms. The molecular weight excluding hydrogens is 284 g/mol. The maximum Gasteiger partial charge on any atom is 0.213 e. The van der Waals surface area contributed by atoms with Crippen LogP contribution < -0.4 is 10.5 Å². The second-order valence-electron chi connectivity index (χ2n) is 5.23. The van der Waals surface area contributed by atoms with E-state index in [9.17, 15) is 8.42 Å². The van der Waals surface area contributed by atoms with E-state index in [2.05, 4.69) is 31.3 Å². The molecular formula is C16H20N2O2S. The number of rotatable bonds is 5. The molecule has 0 bridgehead atoms. The van der Waals surface area contributed by atoms with E-state index in [4.69, 9.17) is 5.14 Å². The van der Waals surface area contributed by atoms with Gasteiger partial charge >= 0.3 is 0 Å². The largest absolute Gasteiger partial charge is 0.379 e. The van der Waals surface area contributed by atoms with Crippen LogP contribution in [0.25, 0.3) is 0 Å². The molecule has 0 saturated carbocycles. The molecule has 21 heavy (non-hydrogen) atoms. The van der Waals surface area contributed by atoms with Gasteiger partial charge in [0.2, 0.25) is 10.0 Å². The van der Waals surface area contributed by atoms with Gasteiger partial charge in [-0.05, 0) is 42.7 Å². The number of aryl methyl sites for hydroxylation is 1. The van der Waals surface area contributed by atoms with Gasteiger partial charge in [0.15, 0.2) is 0 Å². The molecule has 4 nitrogen and oxygen atoms in total. The zero-order valence-corrected chi connectivity index (χ0v) is 13.0. The smallest absolute Gasteiger partial charge is 0.213 e. The minimum Gasteiger partial charge on any atom is -0.379 e. The van der Waals surface area contributed by atoms with Crippen LogP contribution in [0.3, 0.4) is 0 Å². The number of sulfonamides is 1. The van der Waals surface area contributed by atoms with Crippen molar-refractivity contribution in [2.45, 2.75) is 25.6 Å². The van der Waals surface area contributed by atoms with Crippen molar-refractivity contribution >= 4 is 15.7 Å². The molecule has 0 heterocycles. The molecule has 1 unspecified atom stereocenters. The number of hydrogen-bond acceptors (Lipinski definition) is 3. The van der Waals surface area contributed by atoms with E-state index in [-0.39, 0.29) is 11.8 Å². The summed E-state index contributed by atoms with van der Waals surface area (Å²) in [4.78, 5) is 0. The van der Waals surface area contributed by atoms with Crippen molar-refractivity contribution in [3.63, 3.8) is 0 Å². The average Bonchev–Trinajstić information content (AvgIpc) is 2.40. The number of anilines is 1. The van der Waals surface area contributed by atoms with Gasteiger partial charge in [0.05, 0.1) is 5.75 Å². The molecule has 5 heteroatoms. The molecule has 0 aliphatic carbocycles. The van der Waals surface area contributed by atoms with E-state index < -0.39 is 10.0 Å². The third kappa shape index (κ3) is 4.58. The Morgan fingerprint density at radius 3 is 2.29 bits per heavy atom. The van der Waals surface area contributed by atoms with Crippen molar-refractivity contribution in [1.29, 1.82) is 0 Å². The lowest BCUT2D eigenvalue weighted by Gasteiger charge is -2.18. The number of primary sulfonamides is 1. The summed E-state index contributed by atoms with van der Waals surface area (Å²) in [6.45, 7) is 4.18. The summed E-state index contributed by atoms with van der Waals surface area (Å²) in [5, 5.41) is 8.44. The zero-order chi connectivity index (χ0) is 15.5. The second kappa shape index (κ2) is 6.28. The first kappa shape index (κ1) is 15.5. The maximum absolute atomic E-state index is 11.0. The van der Waals surface area contributed by atoms with Gasteiger partial charge in [0.1, 0.15) is 0 Å². The van der Waals surface area contributed by atoms with Crippen LogP contribution in [-0.2, 0) is 15.8 Å². The zero-order valence-electron chi connectivity index (χ0n) is 12.2. The maximum atomic E-state index is 11.0. The van der Waals surface area contributed by atoms with Crippen LogP contribution in [0, 0.1) is 6.92 Å². The van der Waals surface area contributed by atoms with Gasteiger partial charge in [-0.3, -0.25) is 0 Å². The first-order chi connectivity index (χ1) is 9.85. The van der Waals surface area contributed by atoms with Gasteiger partial charge in [0, 0.05) is 11.7 Å². The lowest BCUT2D eigenvalue weighted by atomic mass is 10.0. The summed E-state index contributed by atoms with van der Waals surface area (Å²) in [7, 11) is -3.48. The van der Waals surface area contributed by atoms with Crippen molar-refractivity contribution < 1.29 is 8.42 Å². The third-order valence-electron chi connectivity index (χ3n) is 3.36. The monoisotopic (exact) mass is 304 g/mol. The Labute approximate surface area is 126 Å². The summed E-state index contributed by atoms with van der Waals surface area (Å²) in [6.07, 6.45) is 0. The first-order valence-corrected chi connectivity index (χ1v) is 8.48. The SMILES string of the molecule is Cc1ccccc1C(C)Nc1ccc(CS(N)(=O)=O)cc1. The summed E-state index contributed by atoms with van der Waals surface area (Å²) in [5.41, 5.74) is 4.12. The Bertz CT molecular complexity index is 709. The van der Waals surface area contributed by atoms with E-state index in [1.165, 1.54) is 11.1 Å². The van der Waals surface area contributed by atoms with Crippen molar-refractivity contribution in [3.05, 3.63) is 65.2 Å². The molecule has 0 aliphatic rings. The minimum atomic E-state index is -3.48. The lowest BCUT2D eigenvalue weighted by Crippen LogP contribution is -2.14. The van der Waals surface area contributed by atoms with E-state index in [1.807, 2.05) is 24.3 Å². The fraction of sp³-hybridized carbons (Fsp3) is 0.250. The fourth-order valence-electron chi connectivity index (χ4n) is 2.33. The van der Waals surface area contributed by atoms with Crippen LogP contribution >= 0.6 is 0 Å². The molecule has 112 valence electrons. The summed E-state index contributed by atoms with van der Waals surface area (Å²) in [6, 6.07) is 15.7. The van der Waals surface area contributed by atoms with E-state index >= 15 is 0 Å². The minimum absolute atomic E-state index is 0.138. The lowest BCUT2D eigenvalue weighted by molar-refractivity contribution is 0.597. The third-order valence-corrected chi connectivity index (χ3v) is 4.10. The molecule has 2 aromatic carbocycles. The Morgan fingerprint density at radius 2 is 1.71 bits per heavy atom. The summed E-state index contributed by atoms with van der Waals surface area (Å²) in [5.74, 6) is -0.138. The molecule has 1 atom stereocenters. The first-order valence-electron chi connectivity index (χ1n) is 6.76. The molecule has 2 rings (SSSR count). The molecule has 0 saturated heterocycles. The van der Waals surface area contributed by atoms with Crippen molar-refractivity contribution in [3.8, 4) is 0 Å². The van der Waals surface area contributed by atoms with E-state index in [1.54, 1.807) is 12.1 Å². The summed E-state index contributed by atoms with van der Waals surface area (Å²) >= 11 is 0. The second-order valence-corrected chi connectivity index (χ2v) is 6.84. The molecule has 0 aromatic heterocycles. The predicted molar refractivity (Wildman–Crippen MR) is 86.5 cm³/mol. The van der Waals surface area contributed by atoms with Gasteiger partial charge < -0.3 is 5.32 Å². The quantitative estimate of drug-likeness (QED) is 0.892. The van der Waals surface area contributed by atoms with Crippen LogP contribution in [-0.4, -0.2) is 8.42 Å². The number of nitrogens with two attached hydrogens (primary N) is 1. The van der Waals surface area contributed by atoms with E-state index in [0.29, 0.717) is 5.56 Å². The van der Waals surface area contributed by atoms with Crippen LogP contribution in [0.1, 0.15) is 29.7 Å². The standard InChI is InChI=1S/C16H20N2O2S/c1-12-5-3-4-6-16(12)13(2)18-15-9-7-14(8-10-15)11-21(17,19)20/h3-10,13,18H,11H2,1-2H3,(H2,17,19,20). The molecule has 0 radical (unpaired) electrons. The molecule has 2 aromatic rings. The van der Waals surface area contributed by atoms with E-state index in [0.717, 1.165) is 5.69 Å². The number of benzene rings is 2. The fourth-order valence-corrected chi connectivity index (χ4v) is 2.99. The van der Waals surface area contributed by atoms with Crippen LogP contribution in [0.2, 0.25) is 0 Å². The summed E-state index contributed by atoms with van der Waals surface area (Å²) < 4.78 is 22.1. The highest BCUT2D eigenvalue weighted by Crippen LogP contribution is 2.22. The molecule has 0 amide bonds. The highest BCUT2D eigenvalue weighted by atomic mass is 32.2. The Morgan fingerprint density at radius 1 is 1.10 bits per heavy atom.